The molecule has 0 atom stereocenters. The Kier molecular flexibility index (Phi) is 5.18. The number of thioether (sulfide) groups is 1. The van der Waals surface area contributed by atoms with Gasteiger partial charge < -0.3 is 10.2 Å². The highest BCUT2D eigenvalue weighted by molar-refractivity contribution is 8.00. The Hall–Kier alpha value is -2.01. The van der Waals surface area contributed by atoms with Crippen LogP contribution in [0.1, 0.15) is 18.4 Å². The molecule has 3 rings (SSSR count). The van der Waals surface area contributed by atoms with E-state index >= 15 is 0 Å². The summed E-state index contributed by atoms with van der Waals surface area (Å²) in [6.07, 6.45) is 4.20. The van der Waals surface area contributed by atoms with Gasteiger partial charge in [0.1, 0.15) is 5.82 Å². The lowest BCUT2D eigenvalue weighted by Gasteiger charge is -2.16. The molecule has 1 aromatic heterocycles. The number of carbonyl (C=O) groups excluding carboxylic acids is 1. The van der Waals surface area contributed by atoms with E-state index in [2.05, 4.69) is 34.3 Å². The lowest BCUT2D eigenvalue weighted by atomic mass is 10.2. The zero-order valence-electron chi connectivity index (χ0n) is 13.3. The molecule has 1 N–H and O–H groups in total. The summed E-state index contributed by atoms with van der Waals surface area (Å²) in [6, 6.07) is 12.1. The maximum Gasteiger partial charge on any atom is 0.234 e. The number of aromatic nitrogens is 1. The van der Waals surface area contributed by atoms with Crippen molar-refractivity contribution in [2.24, 2.45) is 0 Å². The Bertz CT molecular complexity index is 649. The molecule has 1 fully saturated rings. The number of pyridine rings is 1. The lowest BCUT2D eigenvalue weighted by molar-refractivity contribution is -0.113. The highest BCUT2D eigenvalue weighted by atomic mass is 32.2. The van der Waals surface area contributed by atoms with E-state index in [1.807, 2.05) is 24.3 Å². The molecule has 23 heavy (non-hydrogen) atoms. The second-order valence-electron chi connectivity index (χ2n) is 5.75. The largest absolute Gasteiger partial charge is 0.357 e. The number of hydrogen-bond acceptors (Lipinski definition) is 4. The fourth-order valence-corrected chi connectivity index (χ4v) is 3.27. The fraction of sp³-hybridized carbons (Fsp3) is 0.333. The van der Waals surface area contributed by atoms with Crippen molar-refractivity contribution in [1.29, 1.82) is 0 Å². The van der Waals surface area contributed by atoms with Crippen molar-refractivity contribution < 1.29 is 4.79 Å². The molecule has 2 aromatic rings. The van der Waals surface area contributed by atoms with Crippen LogP contribution in [0.2, 0.25) is 0 Å². The van der Waals surface area contributed by atoms with Gasteiger partial charge in [0.15, 0.2) is 0 Å². The van der Waals surface area contributed by atoms with Gasteiger partial charge in [0.25, 0.3) is 0 Å². The molecule has 0 aliphatic carbocycles. The molecule has 1 aliphatic heterocycles. The zero-order valence-corrected chi connectivity index (χ0v) is 14.1. The van der Waals surface area contributed by atoms with E-state index in [-0.39, 0.29) is 5.91 Å². The van der Waals surface area contributed by atoms with Crippen molar-refractivity contribution in [1.82, 2.24) is 4.98 Å². The van der Waals surface area contributed by atoms with Gasteiger partial charge in [0.05, 0.1) is 17.6 Å². The van der Waals surface area contributed by atoms with E-state index < -0.39 is 0 Å². The van der Waals surface area contributed by atoms with Crippen molar-refractivity contribution in [2.75, 3.05) is 29.1 Å². The van der Waals surface area contributed by atoms with Crippen molar-refractivity contribution in [2.45, 2.75) is 24.7 Å². The maximum atomic E-state index is 12.0. The fourth-order valence-electron chi connectivity index (χ4n) is 2.57. The second kappa shape index (κ2) is 7.51. The van der Waals surface area contributed by atoms with Gasteiger partial charge in [-0.1, -0.05) is 17.7 Å². The minimum Gasteiger partial charge on any atom is -0.357 e. The molecule has 120 valence electrons. The Labute approximate surface area is 141 Å². The summed E-state index contributed by atoms with van der Waals surface area (Å²) < 4.78 is 0. The maximum absolute atomic E-state index is 12.0. The first-order valence-corrected chi connectivity index (χ1v) is 8.89. The summed E-state index contributed by atoms with van der Waals surface area (Å²) in [5, 5.41) is 2.90. The third-order valence-electron chi connectivity index (χ3n) is 3.85. The van der Waals surface area contributed by atoms with Gasteiger partial charge >= 0.3 is 0 Å². The first-order chi connectivity index (χ1) is 11.2. The molecule has 0 unspecified atom stereocenters. The molecule has 1 aromatic carbocycles. The van der Waals surface area contributed by atoms with Gasteiger partial charge in [-0.15, -0.1) is 11.8 Å². The first kappa shape index (κ1) is 15.9. The summed E-state index contributed by atoms with van der Waals surface area (Å²) >= 11 is 1.54. The number of hydrogen-bond donors (Lipinski definition) is 1. The normalized spacial score (nSPS) is 14.0. The predicted molar refractivity (Wildman–Crippen MR) is 96.2 cm³/mol. The van der Waals surface area contributed by atoms with Crippen LogP contribution in [0.25, 0.3) is 0 Å². The monoisotopic (exact) mass is 327 g/mol. The predicted octanol–water partition coefficient (Wildman–Crippen LogP) is 3.72. The summed E-state index contributed by atoms with van der Waals surface area (Å²) in [4.78, 5) is 19.9. The van der Waals surface area contributed by atoms with Crippen LogP contribution in [-0.4, -0.2) is 29.7 Å². The van der Waals surface area contributed by atoms with Gasteiger partial charge in [-0.05, 0) is 44.0 Å². The number of rotatable bonds is 5. The Morgan fingerprint density at radius 1 is 1.17 bits per heavy atom. The van der Waals surface area contributed by atoms with Gasteiger partial charge in [0.2, 0.25) is 5.91 Å². The summed E-state index contributed by atoms with van der Waals surface area (Å²) in [5.41, 5.74) is 1.98. The Morgan fingerprint density at radius 2 is 1.91 bits per heavy atom. The highest BCUT2D eigenvalue weighted by Crippen LogP contribution is 2.20. The molecule has 0 bridgehead atoms. The topological polar surface area (TPSA) is 45.2 Å². The van der Waals surface area contributed by atoms with Crippen LogP contribution in [0.4, 0.5) is 11.5 Å². The molecule has 0 saturated carbocycles. The van der Waals surface area contributed by atoms with E-state index in [9.17, 15) is 4.79 Å². The van der Waals surface area contributed by atoms with E-state index in [1.54, 1.807) is 6.20 Å². The summed E-state index contributed by atoms with van der Waals surface area (Å²) in [5.74, 6) is 1.39. The van der Waals surface area contributed by atoms with Gasteiger partial charge in [0, 0.05) is 18.0 Å². The minimum absolute atomic E-state index is 0.00806. The molecule has 5 heteroatoms. The Balaban J connectivity index is 1.50. The molecule has 4 nitrogen and oxygen atoms in total. The van der Waals surface area contributed by atoms with E-state index in [4.69, 9.17) is 0 Å². The number of nitrogens with one attached hydrogen (secondary N) is 1. The molecule has 1 amide bonds. The SMILES string of the molecule is Cc1ccc(SCC(=O)Nc2ccc(N3CCCC3)nc2)cc1. The first-order valence-electron chi connectivity index (χ1n) is 7.91. The molecule has 2 heterocycles. The number of benzene rings is 1. The molecule has 0 radical (unpaired) electrons. The quantitative estimate of drug-likeness (QED) is 0.850. The van der Waals surface area contributed by atoms with Gasteiger partial charge in [-0.3, -0.25) is 4.79 Å². The van der Waals surface area contributed by atoms with Crippen molar-refractivity contribution in [3.8, 4) is 0 Å². The van der Waals surface area contributed by atoms with Crippen LogP contribution >= 0.6 is 11.8 Å². The van der Waals surface area contributed by atoms with Crippen LogP contribution in [0.3, 0.4) is 0 Å². The van der Waals surface area contributed by atoms with E-state index in [0.29, 0.717) is 5.75 Å². The van der Waals surface area contributed by atoms with Crippen LogP contribution in [0, 0.1) is 6.92 Å². The standard InChI is InChI=1S/C18H21N3OS/c1-14-4-7-16(8-5-14)23-13-18(22)20-15-6-9-17(19-12-15)21-10-2-3-11-21/h4-9,12H,2-3,10-11,13H2,1H3,(H,20,22). The van der Waals surface area contributed by atoms with Crippen molar-refractivity contribution in [3.05, 3.63) is 48.2 Å². The minimum atomic E-state index is -0.00806. The van der Waals surface area contributed by atoms with Crippen molar-refractivity contribution >= 4 is 29.2 Å². The summed E-state index contributed by atoms with van der Waals surface area (Å²) in [6.45, 7) is 4.21. The van der Waals surface area contributed by atoms with Crippen LogP contribution < -0.4 is 10.2 Å². The highest BCUT2D eigenvalue weighted by Gasteiger charge is 2.13. The number of aryl methyl sites for hydroxylation is 1. The average Bonchev–Trinajstić information content (AvgIpc) is 3.09. The van der Waals surface area contributed by atoms with Crippen LogP contribution in [0.15, 0.2) is 47.5 Å². The van der Waals surface area contributed by atoms with E-state index in [1.165, 1.54) is 30.2 Å². The Morgan fingerprint density at radius 3 is 2.57 bits per heavy atom. The average molecular weight is 327 g/mol. The smallest absolute Gasteiger partial charge is 0.234 e. The van der Waals surface area contributed by atoms with Crippen LogP contribution in [-0.2, 0) is 4.79 Å². The van der Waals surface area contributed by atoms with Gasteiger partial charge in [-0.25, -0.2) is 4.98 Å². The number of carbonyl (C=O) groups is 1. The third kappa shape index (κ3) is 4.48. The lowest BCUT2D eigenvalue weighted by Crippen LogP contribution is -2.19. The van der Waals surface area contributed by atoms with E-state index in [0.717, 1.165) is 29.5 Å². The van der Waals surface area contributed by atoms with Gasteiger partial charge in [-0.2, -0.15) is 0 Å². The molecular formula is C18H21N3OS. The molecule has 1 aliphatic rings. The third-order valence-corrected chi connectivity index (χ3v) is 4.86. The number of nitrogens with zero attached hydrogens (tertiary/aromatic N) is 2. The molecular weight excluding hydrogens is 306 g/mol. The van der Waals surface area contributed by atoms with Crippen molar-refractivity contribution in [3.63, 3.8) is 0 Å². The van der Waals surface area contributed by atoms with Crippen LogP contribution in [0.5, 0.6) is 0 Å². The number of anilines is 2. The second-order valence-corrected chi connectivity index (χ2v) is 6.80. The summed E-state index contributed by atoms with van der Waals surface area (Å²) in [7, 11) is 0. The number of amides is 1. The molecule has 0 spiro atoms. The molecule has 1 saturated heterocycles. The zero-order chi connectivity index (χ0) is 16.1.